The smallest absolute Gasteiger partial charge is 0.243 e. The van der Waals surface area contributed by atoms with Crippen LogP contribution in [-0.2, 0) is 4.79 Å². The Labute approximate surface area is 145 Å². The molecule has 24 heavy (non-hydrogen) atoms. The van der Waals surface area contributed by atoms with Gasteiger partial charge in [0.25, 0.3) is 0 Å². The zero-order valence-corrected chi connectivity index (χ0v) is 13.9. The molecule has 0 aliphatic carbocycles. The van der Waals surface area contributed by atoms with Gasteiger partial charge in [0.05, 0.1) is 30.3 Å². The highest BCUT2D eigenvalue weighted by Crippen LogP contribution is 2.15. The zero-order valence-electron chi connectivity index (χ0n) is 13.2. The molecular weight excluding hydrogens is 324 g/mol. The first-order valence-corrected chi connectivity index (χ1v) is 7.89. The second-order valence-electron chi connectivity index (χ2n) is 5.42. The fraction of sp³-hybridized carbons (Fsp3) is 0.111. The number of amides is 1. The molecular formula is C18H17ClN4O. The van der Waals surface area contributed by atoms with Gasteiger partial charge in [-0.25, -0.2) is 4.68 Å². The maximum absolute atomic E-state index is 12.0. The van der Waals surface area contributed by atoms with Crippen molar-refractivity contribution in [3.05, 3.63) is 71.5 Å². The molecule has 3 aromatic rings. The molecule has 1 aromatic heterocycles. The molecule has 1 heterocycles. The second kappa shape index (κ2) is 7.19. The van der Waals surface area contributed by atoms with E-state index in [2.05, 4.69) is 15.7 Å². The molecule has 0 radical (unpaired) electrons. The van der Waals surface area contributed by atoms with E-state index in [-0.39, 0.29) is 12.5 Å². The SMILES string of the molecule is Cc1cccc(NC(=O)CNc2cnn(-c3ccc(Cl)cc3)c2)c1. The molecule has 0 aliphatic rings. The predicted octanol–water partition coefficient (Wildman–Crippen LogP) is 3.88. The third-order valence-electron chi connectivity index (χ3n) is 3.43. The Hall–Kier alpha value is -2.79. The molecule has 0 saturated carbocycles. The van der Waals surface area contributed by atoms with E-state index in [0.717, 1.165) is 22.6 Å². The summed E-state index contributed by atoms with van der Waals surface area (Å²) in [6, 6.07) is 15.1. The minimum atomic E-state index is -0.111. The van der Waals surface area contributed by atoms with E-state index in [1.165, 1.54) is 0 Å². The summed E-state index contributed by atoms with van der Waals surface area (Å²) in [5.41, 5.74) is 3.56. The fourth-order valence-electron chi connectivity index (χ4n) is 2.26. The normalized spacial score (nSPS) is 10.4. The first kappa shape index (κ1) is 16.1. The molecule has 0 spiro atoms. The lowest BCUT2D eigenvalue weighted by Gasteiger charge is -2.07. The lowest BCUT2D eigenvalue weighted by molar-refractivity contribution is -0.114. The molecule has 3 rings (SSSR count). The van der Waals surface area contributed by atoms with Gasteiger partial charge in [-0.2, -0.15) is 5.10 Å². The largest absolute Gasteiger partial charge is 0.374 e. The van der Waals surface area contributed by atoms with E-state index in [9.17, 15) is 4.79 Å². The van der Waals surface area contributed by atoms with Crippen LogP contribution in [0.5, 0.6) is 0 Å². The van der Waals surface area contributed by atoms with Crippen LogP contribution in [0.3, 0.4) is 0 Å². The number of aryl methyl sites for hydroxylation is 1. The van der Waals surface area contributed by atoms with Crippen LogP contribution in [0.1, 0.15) is 5.56 Å². The minimum Gasteiger partial charge on any atom is -0.374 e. The number of hydrogen-bond donors (Lipinski definition) is 2. The van der Waals surface area contributed by atoms with Gasteiger partial charge < -0.3 is 10.6 Å². The summed E-state index contributed by atoms with van der Waals surface area (Å²) in [7, 11) is 0. The summed E-state index contributed by atoms with van der Waals surface area (Å²) in [5.74, 6) is -0.111. The van der Waals surface area contributed by atoms with Crippen molar-refractivity contribution in [2.75, 3.05) is 17.2 Å². The van der Waals surface area contributed by atoms with E-state index in [1.807, 2.05) is 49.5 Å². The maximum atomic E-state index is 12.0. The Morgan fingerprint density at radius 1 is 1.17 bits per heavy atom. The average Bonchev–Trinajstić information content (AvgIpc) is 3.03. The van der Waals surface area contributed by atoms with Crippen LogP contribution < -0.4 is 10.6 Å². The van der Waals surface area contributed by atoms with Gasteiger partial charge in [0.1, 0.15) is 0 Å². The maximum Gasteiger partial charge on any atom is 0.243 e. The van der Waals surface area contributed by atoms with Crippen LogP contribution in [0.2, 0.25) is 5.02 Å². The number of carbonyl (C=O) groups is 1. The Bertz CT molecular complexity index is 842. The van der Waals surface area contributed by atoms with E-state index < -0.39 is 0 Å². The standard InChI is InChI=1S/C18H17ClN4O/c1-13-3-2-4-15(9-13)22-18(24)11-20-16-10-21-23(12-16)17-7-5-14(19)6-8-17/h2-10,12,20H,11H2,1H3,(H,22,24). The van der Waals surface area contributed by atoms with E-state index in [4.69, 9.17) is 11.6 Å². The van der Waals surface area contributed by atoms with Crippen LogP contribution >= 0.6 is 11.6 Å². The van der Waals surface area contributed by atoms with Crippen LogP contribution in [0.25, 0.3) is 5.69 Å². The van der Waals surface area contributed by atoms with Gasteiger partial charge in [-0.05, 0) is 48.9 Å². The number of rotatable bonds is 5. The Balaban J connectivity index is 1.57. The van der Waals surface area contributed by atoms with Crippen molar-refractivity contribution in [1.29, 1.82) is 0 Å². The highest BCUT2D eigenvalue weighted by atomic mass is 35.5. The second-order valence-corrected chi connectivity index (χ2v) is 5.86. The molecule has 122 valence electrons. The molecule has 0 bridgehead atoms. The number of carbonyl (C=O) groups excluding carboxylic acids is 1. The minimum absolute atomic E-state index is 0.111. The van der Waals surface area contributed by atoms with Gasteiger partial charge >= 0.3 is 0 Å². The third-order valence-corrected chi connectivity index (χ3v) is 3.68. The molecule has 0 unspecified atom stereocenters. The number of aromatic nitrogens is 2. The number of nitrogens with zero attached hydrogens (tertiary/aromatic N) is 2. The first-order valence-electron chi connectivity index (χ1n) is 7.51. The number of anilines is 2. The number of benzene rings is 2. The lowest BCUT2D eigenvalue weighted by Crippen LogP contribution is -2.21. The molecule has 1 amide bonds. The molecule has 2 aromatic carbocycles. The van der Waals surface area contributed by atoms with E-state index in [1.54, 1.807) is 23.0 Å². The molecule has 0 saturated heterocycles. The van der Waals surface area contributed by atoms with Gasteiger partial charge in [0.2, 0.25) is 5.91 Å². The predicted molar refractivity (Wildman–Crippen MR) is 96.9 cm³/mol. The van der Waals surface area contributed by atoms with Crippen molar-refractivity contribution in [3.63, 3.8) is 0 Å². The molecule has 5 nitrogen and oxygen atoms in total. The Morgan fingerprint density at radius 3 is 2.71 bits per heavy atom. The summed E-state index contributed by atoms with van der Waals surface area (Å²) >= 11 is 5.88. The summed E-state index contributed by atoms with van der Waals surface area (Å²) in [6.45, 7) is 2.15. The lowest BCUT2D eigenvalue weighted by atomic mass is 10.2. The van der Waals surface area contributed by atoms with Gasteiger partial charge in [-0.1, -0.05) is 23.7 Å². The van der Waals surface area contributed by atoms with Gasteiger partial charge in [-0.15, -0.1) is 0 Å². The zero-order chi connectivity index (χ0) is 16.9. The number of halogens is 1. The Morgan fingerprint density at radius 2 is 1.96 bits per heavy atom. The summed E-state index contributed by atoms with van der Waals surface area (Å²) in [4.78, 5) is 12.0. The molecule has 0 aliphatic heterocycles. The van der Waals surface area contributed by atoms with Crippen molar-refractivity contribution in [1.82, 2.24) is 9.78 Å². The van der Waals surface area contributed by atoms with Crippen LogP contribution in [-0.4, -0.2) is 22.2 Å². The number of hydrogen-bond acceptors (Lipinski definition) is 3. The summed E-state index contributed by atoms with van der Waals surface area (Å²) in [6.07, 6.45) is 3.50. The molecule has 0 fully saturated rings. The monoisotopic (exact) mass is 340 g/mol. The van der Waals surface area contributed by atoms with Gasteiger partial charge in [0, 0.05) is 10.7 Å². The Kier molecular flexibility index (Phi) is 4.82. The molecule has 6 heteroatoms. The fourth-order valence-corrected chi connectivity index (χ4v) is 2.39. The van der Waals surface area contributed by atoms with Crippen LogP contribution in [0, 0.1) is 6.92 Å². The third kappa shape index (κ3) is 4.14. The highest BCUT2D eigenvalue weighted by molar-refractivity contribution is 6.30. The van der Waals surface area contributed by atoms with Crippen molar-refractivity contribution in [2.45, 2.75) is 6.92 Å². The summed E-state index contributed by atoms with van der Waals surface area (Å²) < 4.78 is 1.72. The highest BCUT2D eigenvalue weighted by Gasteiger charge is 2.05. The molecule has 0 atom stereocenters. The molecule has 2 N–H and O–H groups in total. The van der Waals surface area contributed by atoms with Gasteiger partial charge in [-0.3, -0.25) is 4.79 Å². The van der Waals surface area contributed by atoms with Crippen molar-refractivity contribution < 1.29 is 4.79 Å². The number of nitrogens with one attached hydrogen (secondary N) is 2. The van der Waals surface area contributed by atoms with E-state index >= 15 is 0 Å². The topological polar surface area (TPSA) is 59.0 Å². The quantitative estimate of drug-likeness (QED) is 0.741. The van der Waals surface area contributed by atoms with Crippen molar-refractivity contribution >= 4 is 28.9 Å². The van der Waals surface area contributed by atoms with Crippen LogP contribution in [0.4, 0.5) is 11.4 Å². The van der Waals surface area contributed by atoms with Crippen molar-refractivity contribution in [3.8, 4) is 5.69 Å². The van der Waals surface area contributed by atoms with Crippen molar-refractivity contribution in [2.24, 2.45) is 0 Å². The summed E-state index contributed by atoms with van der Waals surface area (Å²) in [5, 5.41) is 10.9. The average molecular weight is 341 g/mol. The van der Waals surface area contributed by atoms with Gasteiger partial charge in [0.15, 0.2) is 0 Å². The first-order chi connectivity index (χ1) is 11.6. The van der Waals surface area contributed by atoms with E-state index in [0.29, 0.717) is 5.02 Å². The van der Waals surface area contributed by atoms with Crippen LogP contribution in [0.15, 0.2) is 60.9 Å².